The molecular weight excluding hydrogens is 298 g/mol. The molecule has 1 aliphatic carbocycles. The second kappa shape index (κ2) is 8.58. The molecule has 2 rings (SSSR count). The number of nitrogens with one attached hydrogen (secondary N) is 2. The smallest absolute Gasteiger partial charge is 0.187 e. The maximum atomic E-state index is 10.1. The first-order valence-corrected chi connectivity index (χ1v) is 8.16. The van der Waals surface area contributed by atoms with E-state index in [4.69, 9.17) is 17.0 Å². The molecule has 0 spiro atoms. The summed E-state index contributed by atoms with van der Waals surface area (Å²) in [6.07, 6.45) is 7.66. The maximum Gasteiger partial charge on any atom is 0.187 e. The number of hydrazone groups is 1. The number of nitrogens with zero attached hydrogens (tertiary/aromatic N) is 1. The van der Waals surface area contributed by atoms with Crippen LogP contribution in [-0.4, -0.2) is 29.1 Å². The lowest BCUT2D eigenvalue weighted by molar-refractivity contribution is 0.318. The fraction of sp³-hybridized carbons (Fsp3) is 0.500. The molecule has 1 aliphatic rings. The molecule has 1 saturated carbocycles. The van der Waals surface area contributed by atoms with E-state index < -0.39 is 0 Å². The van der Waals surface area contributed by atoms with Gasteiger partial charge in [-0.1, -0.05) is 25.3 Å². The van der Waals surface area contributed by atoms with Gasteiger partial charge in [0.05, 0.1) is 12.8 Å². The third-order valence-electron chi connectivity index (χ3n) is 3.64. The van der Waals surface area contributed by atoms with Crippen LogP contribution in [0.5, 0.6) is 11.5 Å². The number of aromatic hydroxyl groups is 1. The highest BCUT2D eigenvalue weighted by atomic mass is 32.1. The topological polar surface area (TPSA) is 65.9 Å². The highest BCUT2D eigenvalue weighted by Gasteiger charge is 2.13. The number of thiocarbonyl (C=S) groups is 1. The van der Waals surface area contributed by atoms with Crippen molar-refractivity contribution in [3.05, 3.63) is 23.8 Å². The average molecular weight is 321 g/mol. The normalized spacial score (nSPS) is 15.7. The summed E-state index contributed by atoms with van der Waals surface area (Å²) >= 11 is 5.23. The minimum absolute atomic E-state index is 0.0843. The Labute approximate surface area is 136 Å². The summed E-state index contributed by atoms with van der Waals surface area (Å²) in [5.74, 6) is 0.537. The van der Waals surface area contributed by atoms with E-state index in [0.29, 0.717) is 29.1 Å². The van der Waals surface area contributed by atoms with Gasteiger partial charge in [-0.15, -0.1) is 0 Å². The molecule has 1 aromatic carbocycles. The van der Waals surface area contributed by atoms with Crippen molar-refractivity contribution >= 4 is 23.5 Å². The lowest BCUT2D eigenvalue weighted by Gasteiger charge is -2.23. The van der Waals surface area contributed by atoms with Gasteiger partial charge in [0, 0.05) is 11.6 Å². The third kappa shape index (κ3) is 4.87. The van der Waals surface area contributed by atoms with Crippen molar-refractivity contribution in [1.29, 1.82) is 0 Å². The van der Waals surface area contributed by atoms with Gasteiger partial charge in [0.2, 0.25) is 0 Å². The first-order valence-electron chi connectivity index (χ1n) is 7.75. The molecule has 1 aromatic rings. The van der Waals surface area contributed by atoms with Crippen LogP contribution < -0.4 is 15.5 Å². The molecule has 0 aliphatic heterocycles. The molecule has 0 bridgehead atoms. The molecule has 3 N–H and O–H groups in total. The lowest BCUT2D eigenvalue weighted by Crippen LogP contribution is -2.40. The summed E-state index contributed by atoms with van der Waals surface area (Å²) in [7, 11) is 0. The molecule has 0 amide bonds. The zero-order valence-corrected chi connectivity index (χ0v) is 13.7. The molecule has 0 atom stereocenters. The predicted molar refractivity (Wildman–Crippen MR) is 92.6 cm³/mol. The molecule has 6 heteroatoms. The summed E-state index contributed by atoms with van der Waals surface area (Å²) in [5, 5.41) is 17.9. The van der Waals surface area contributed by atoms with Crippen LogP contribution in [0.2, 0.25) is 0 Å². The molecule has 22 heavy (non-hydrogen) atoms. The molecule has 0 radical (unpaired) electrons. The predicted octanol–water partition coefficient (Wildman–Crippen LogP) is 2.92. The largest absolute Gasteiger partial charge is 0.504 e. The fourth-order valence-electron chi connectivity index (χ4n) is 2.54. The average Bonchev–Trinajstić information content (AvgIpc) is 2.52. The third-order valence-corrected chi connectivity index (χ3v) is 3.85. The molecular formula is C16H23N3O2S. The van der Waals surface area contributed by atoms with Crippen molar-refractivity contribution in [3.63, 3.8) is 0 Å². The van der Waals surface area contributed by atoms with Gasteiger partial charge in [-0.3, -0.25) is 5.43 Å². The Bertz CT molecular complexity index is 528. The molecule has 120 valence electrons. The van der Waals surface area contributed by atoms with Crippen LogP contribution >= 0.6 is 12.2 Å². The zero-order valence-electron chi connectivity index (χ0n) is 12.8. The Balaban J connectivity index is 1.86. The van der Waals surface area contributed by atoms with Crippen molar-refractivity contribution in [2.45, 2.75) is 45.1 Å². The fourth-order valence-corrected chi connectivity index (χ4v) is 2.76. The zero-order chi connectivity index (χ0) is 15.8. The van der Waals surface area contributed by atoms with Crippen molar-refractivity contribution in [1.82, 2.24) is 10.7 Å². The quantitative estimate of drug-likeness (QED) is 0.442. The van der Waals surface area contributed by atoms with Crippen LogP contribution in [0.25, 0.3) is 0 Å². The van der Waals surface area contributed by atoms with Gasteiger partial charge in [-0.05, 0) is 44.1 Å². The summed E-state index contributed by atoms with van der Waals surface area (Å²) in [6.45, 7) is 2.37. The number of hydrogen-bond donors (Lipinski definition) is 3. The van der Waals surface area contributed by atoms with E-state index in [0.717, 1.165) is 12.8 Å². The van der Waals surface area contributed by atoms with E-state index >= 15 is 0 Å². The van der Waals surface area contributed by atoms with E-state index in [2.05, 4.69) is 15.8 Å². The second-order valence-electron chi connectivity index (χ2n) is 5.31. The van der Waals surface area contributed by atoms with Gasteiger partial charge in [0.1, 0.15) is 0 Å². The Morgan fingerprint density at radius 3 is 2.91 bits per heavy atom. The standard InChI is InChI=1S/C16H23N3O2S/c1-2-21-14-10-6-7-12(15(14)20)11-17-19-16(22)18-13-8-4-3-5-9-13/h6-7,10-11,13,20H,2-5,8-9H2,1H3,(H2,18,19,22). The molecule has 1 fully saturated rings. The highest BCUT2D eigenvalue weighted by molar-refractivity contribution is 7.80. The number of phenols is 1. The van der Waals surface area contributed by atoms with Gasteiger partial charge in [-0.2, -0.15) is 5.10 Å². The maximum absolute atomic E-state index is 10.1. The Morgan fingerprint density at radius 2 is 2.18 bits per heavy atom. The van der Waals surface area contributed by atoms with Crippen molar-refractivity contribution in [2.75, 3.05) is 6.61 Å². The lowest BCUT2D eigenvalue weighted by atomic mass is 9.96. The molecule has 0 aromatic heterocycles. The van der Waals surface area contributed by atoms with Crippen molar-refractivity contribution in [2.24, 2.45) is 5.10 Å². The summed E-state index contributed by atoms with van der Waals surface area (Å²) in [5.41, 5.74) is 3.38. The van der Waals surface area contributed by atoms with Crippen molar-refractivity contribution in [3.8, 4) is 11.5 Å². The van der Waals surface area contributed by atoms with Crippen LogP contribution in [0, 0.1) is 0 Å². The Morgan fingerprint density at radius 1 is 1.41 bits per heavy atom. The van der Waals surface area contributed by atoms with E-state index in [1.165, 1.54) is 25.5 Å². The van der Waals surface area contributed by atoms with E-state index in [-0.39, 0.29) is 5.75 Å². The number of para-hydroxylation sites is 1. The van der Waals surface area contributed by atoms with Crippen molar-refractivity contribution < 1.29 is 9.84 Å². The van der Waals surface area contributed by atoms with Gasteiger partial charge < -0.3 is 15.2 Å². The Hall–Kier alpha value is -1.82. The molecule has 0 unspecified atom stereocenters. The van der Waals surface area contributed by atoms with Gasteiger partial charge >= 0.3 is 0 Å². The minimum Gasteiger partial charge on any atom is -0.504 e. The number of rotatable bonds is 5. The molecule has 0 saturated heterocycles. The van der Waals surface area contributed by atoms with Crippen LogP contribution in [-0.2, 0) is 0 Å². The number of benzene rings is 1. The molecule has 0 heterocycles. The van der Waals surface area contributed by atoms with Gasteiger partial charge in [0.25, 0.3) is 0 Å². The summed E-state index contributed by atoms with van der Waals surface area (Å²) < 4.78 is 5.34. The monoisotopic (exact) mass is 321 g/mol. The van der Waals surface area contributed by atoms with Crippen LogP contribution in [0.15, 0.2) is 23.3 Å². The Kier molecular flexibility index (Phi) is 6.45. The second-order valence-corrected chi connectivity index (χ2v) is 5.71. The molecule has 5 nitrogen and oxygen atoms in total. The summed E-state index contributed by atoms with van der Waals surface area (Å²) in [4.78, 5) is 0. The number of hydrogen-bond acceptors (Lipinski definition) is 4. The van der Waals surface area contributed by atoms with E-state index in [9.17, 15) is 5.11 Å². The van der Waals surface area contributed by atoms with Gasteiger partial charge in [0.15, 0.2) is 16.6 Å². The van der Waals surface area contributed by atoms with Crippen LogP contribution in [0.1, 0.15) is 44.6 Å². The summed E-state index contributed by atoms with van der Waals surface area (Å²) in [6, 6.07) is 5.74. The SMILES string of the molecule is CCOc1cccc(C=NNC(=S)NC2CCCCC2)c1O. The van der Waals surface area contributed by atoms with Crippen LogP contribution in [0.4, 0.5) is 0 Å². The van der Waals surface area contributed by atoms with E-state index in [1.807, 2.05) is 13.0 Å². The first kappa shape index (κ1) is 16.5. The number of ether oxygens (including phenoxy) is 1. The minimum atomic E-state index is 0.0843. The first-order chi connectivity index (χ1) is 10.7. The van der Waals surface area contributed by atoms with Crippen LogP contribution in [0.3, 0.4) is 0 Å². The number of phenolic OH excluding ortho intramolecular Hbond substituents is 1. The van der Waals surface area contributed by atoms with E-state index in [1.54, 1.807) is 12.1 Å². The van der Waals surface area contributed by atoms with Gasteiger partial charge in [-0.25, -0.2) is 0 Å². The highest BCUT2D eigenvalue weighted by Crippen LogP contribution is 2.28.